The number of hydrogen-bond acceptors (Lipinski definition) is 2. The van der Waals surface area contributed by atoms with Crippen LogP contribution in [0, 0.1) is 0 Å². The van der Waals surface area contributed by atoms with Gasteiger partial charge in [0.1, 0.15) is 6.54 Å². The van der Waals surface area contributed by atoms with Crippen LogP contribution >= 0.6 is 11.6 Å². The van der Waals surface area contributed by atoms with Gasteiger partial charge in [0.2, 0.25) is 0 Å². The molecule has 1 N–H and O–H groups in total. The Hall–Kier alpha value is -0.940. The van der Waals surface area contributed by atoms with Gasteiger partial charge in [0.15, 0.2) is 0 Å². The van der Waals surface area contributed by atoms with Gasteiger partial charge in [0.05, 0.1) is 10.7 Å². The molecule has 0 aliphatic rings. The van der Waals surface area contributed by atoms with Crippen LogP contribution in [0.1, 0.15) is 5.56 Å². The molecule has 0 radical (unpaired) electrons. The molecule has 0 bridgehead atoms. The first-order chi connectivity index (χ1) is 7.83. The van der Waals surface area contributed by atoms with Gasteiger partial charge < -0.3 is 10.2 Å². The average Bonchev–Trinajstić information content (AvgIpc) is 2.15. The largest absolute Gasteiger partial charge is 0.405 e. The second-order valence-electron chi connectivity index (χ2n) is 3.79. The van der Waals surface area contributed by atoms with Crippen LogP contribution in [-0.2, 0) is 6.54 Å². The number of benzene rings is 1. The number of alkyl halides is 3. The van der Waals surface area contributed by atoms with Crippen LogP contribution in [0.15, 0.2) is 18.2 Å². The molecule has 0 aromatic heterocycles. The van der Waals surface area contributed by atoms with Gasteiger partial charge in [-0.1, -0.05) is 17.7 Å². The Balaban J connectivity index is 2.84. The Morgan fingerprint density at radius 1 is 1.35 bits per heavy atom. The molecular weight excluding hydrogens is 253 g/mol. The molecule has 0 amide bonds. The molecule has 0 atom stereocenters. The topological polar surface area (TPSA) is 15.3 Å². The van der Waals surface area contributed by atoms with Crippen molar-refractivity contribution in [3.8, 4) is 0 Å². The smallest absolute Gasteiger partial charge is 0.365 e. The predicted molar refractivity (Wildman–Crippen MR) is 63.5 cm³/mol. The maximum absolute atomic E-state index is 12.2. The summed E-state index contributed by atoms with van der Waals surface area (Å²) in [6.07, 6.45) is -4.23. The highest BCUT2D eigenvalue weighted by atomic mass is 35.5. The van der Waals surface area contributed by atoms with Crippen LogP contribution in [0.2, 0.25) is 5.02 Å². The van der Waals surface area contributed by atoms with Gasteiger partial charge in [-0.3, -0.25) is 0 Å². The summed E-state index contributed by atoms with van der Waals surface area (Å²) in [6, 6.07) is 5.02. The molecule has 0 aliphatic heterocycles. The van der Waals surface area contributed by atoms with Crippen LogP contribution < -0.4 is 10.2 Å². The number of halogens is 4. The quantitative estimate of drug-likeness (QED) is 0.901. The van der Waals surface area contributed by atoms with Crippen LogP contribution in [-0.4, -0.2) is 26.8 Å². The molecule has 0 aliphatic carbocycles. The van der Waals surface area contributed by atoms with Gasteiger partial charge in [-0.25, -0.2) is 0 Å². The molecule has 0 heterocycles. The van der Waals surface area contributed by atoms with E-state index in [1.165, 1.54) is 7.05 Å². The fourth-order valence-corrected chi connectivity index (χ4v) is 1.88. The molecular formula is C11H14ClF3N2. The SMILES string of the molecule is CNCc1ccc(N(C)CC(F)(F)F)c(Cl)c1. The summed E-state index contributed by atoms with van der Waals surface area (Å²) in [6.45, 7) is -0.388. The molecule has 0 saturated heterocycles. The van der Waals surface area contributed by atoms with Gasteiger partial charge >= 0.3 is 6.18 Å². The van der Waals surface area contributed by atoms with E-state index in [0.29, 0.717) is 17.3 Å². The Bertz CT molecular complexity index is 379. The molecule has 1 aromatic carbocycles. The lowest BCUT2D eigenvalue weighted by Crippen LogP contribution is -2.31. The molecule has 1 aromatic rings. The summed E-state index contributed by atoms with van der Waals surface area (Å²) in [7, 11) is 3.16. The molecule has 2 nitrogen and oxygen atoms in total. The predicted octanol–water partition coefficient (Wildman–Crippen LogP) is 3.06. The van der Waals surface area contributed by atoms with Gasteiger partial charge in [-0.2, -0.15) is 13.2 Å². The van der Waals surface area contributed by atoms with Crippen LogP contribution in [0.5, 0.6) is 0 Å². The zero-order valence-corrected chi connectivity index (χ0v) is 10.4. The van der Waals surface area contributed by atoms with Crippen molar-refractivity contribution < 1.29 is 13.2 Å². The van der Waals surface area contributed by atoms with Crippen molar-refractivity contribution in [1.29, 1.82) is 0 Å². The maximum Gasteiger partial charge on any atom is 0.405 e. The fourth-order valence-electron chi connectivity index (χ4n) is 1.53. The van der Waals surface area contributed by atoms with Gasteiger partial charge in [0.25, 0.3) is 0 Å². The van der Waals surface area contributed by atoms with Crippen molar-refractivity contribution in [2.24, 2.45) is 0 Å². The van der Waals surface area contributed by atoms with Gasteiger partial charge in [0, 0.05) is 13.6 Å². The number of anilines is 1. The summed E-state index contributed by atoms with van der Waals surface area (Å²) in [4.78, 5) is 1.09. The summed E-state index contributed by atoms with van der Waals surface area (Å²) >= 11 is 5.95. The molecule has 0 unspecified atom stereocenters. The van der Waals surface area contributed by atoms with Crippen molar-refractivity contribution in [2.45, 2.75) is 12.7 Å². The van der Waals surface area contributed by atoms with Gasteiger partial charge in [-0.15, -0.1) is 0 Å². The number of hydrogen-bond donors (Lipinski definition) is 1. The molecule has 17 heavy (non-hydrogen) atoms. The van der Waals surface area contributed by atoms with Crippen molar-refractivity contribution in [1.82, 2.24) is 5.32 Å². The minimum absolute atomic E-state index is 0.324. The monoisotopic (exact) mass is 266 g/mol. The zero-order valence-electron chi connectivity index (χ0n) is 9.61. The molecule has 0 saturated carbocycles. The third kappa shape index (κ3) is 4.44. The Labute approximate surface area is 103 Å². The number of nitrogens with one attached hydrogen (secondary N) is 1. The molecule has 0 fully saturated rings. The van der Waals surface area contributed by atoms with Gasteiger partial charge in [-0.05, 0) is 24.7 Å². The van der Waals surface area contributed by atoms with E-state index in [9.17, 15) is 13.2 Å². The minimum atomic E-state index is -4.23. The third-order valence-corrected chi connectivity index (χ3v) is 2.52. The Morgan fingerprint density at radius 3 is 2.47 bits per heavy atom. The van der Waals surface area contributed by atoms with Crippen molar-refractivity contribution in [3.05, 3.63) is 28.8 Å². The standard InChI is InChI=1S/C11H14ClF3N2/c1-16-6-8-3-4-10(9(12)5-8)17(2)7-11(13,14)15/h3-5,16H,6-7H2,1-2H3. The lowest BCUT2D eigenvalue weighted by atomic mass is 10.2. The highest BCUT2D eigenvalue weighted by Crippen LogP contribution is 2.28. The summed E-state index contributed by atoms with van der Waals surface area (Å²) < 4.78 is 36.7. The fraction of sp³-hybridized carbons (Fsp3) is 0.455. The zero-order chi connectivity index (χ0) is 13.1. The first kappa shape index (κ1) is 14.1. The molecule has 1 rings (SSSR count). The van der Waals surface area contributed by atoms with Crippen LogP contribution in [0.25, 0.3) is 0 Å². The molecule has 96 valence electrons. The second kappa shape index (κ2) is 5.60. The highest BCUT2D eigenvalue weighted by molar-refractivity contribution is 6.33. The van der Waals surface area contributed by atoms with E-state index >= 15 is 0 Å². The second-order valence-corrected chi connectivity index (χ2v) is 4.19. The van der Waals surface area contributed by atoms with Crippen LogP contribution in [0.3, 0.4) is 0 Å². The van der Waals surface area contributed by atoms with Crippen molar-refractivity contribution >= 4 is 17.3 Å². The number of rotatable bonds is 4. The Kier molecular flexibility index (Phi) is 4.65. The first-order valence-corrected chi connectivity index (χ1v) is 5.42. The van der Waals surface area contributed by atoms with E-state index in [-0.39, 0.29) is 0 Å². The van der Waals surface area contributed by atoms with E-state index in [1.54, 1.807) is 25.2 Å². The Morgan fingerprint density at radius 2 is 2.00 bits per heavy atom. The average molecular weight is 267 g/mol. The van der Waals surface area contributed by atoms with E-state index in [0.717, 1.165) is 10.5 Å². The molecule has 0 spiro atoms. The van der Waals surface area contributed by atoms with E-state index in [1.807, 2.05) is 0 Å². The van der Waals surface area contributed by atoms with Crippen molar-refractivity contribution in [3.63, 3.8) is 0 Å². The summed E-state index contributed by atoms with van der Waals surface area (Å²) in [5.74, 6) is 0. The minimum Gasteiger partial charge on any atom is -0.365 e. The highest BCUT2D eigenvalue weighted by Gasteiger charge is 2.29. The summed E-state index contributed by atoms with van der Waals surface area (Å²) in [5, 5.41) is 3.27. The summed E-state index contributed by atoms with van der Waals surface area (Å²) in [5.41, 5.74) is 1.31. The number of nitrogens with zero attached hydrogens (tertiary/aromatic N) is 1. The maximum atomic E-state index is 12.2. The van der Waals surface area contributed by atoms with E-state index < -0.39 is 12.7 Å². The van der Waals surface area contributed by atoms with Crippen molar-refractivity contribution in [2.75, 3.05) is 25.5 Å². The lowest BCUT2D eigenvalue weighted by Gasteiger charge is -2.22. The van der Waals surface area contributed by atoms with E-state index in [2.05, 4.69) is 5.32 Å². The first-order valence-electron chi connectivity index (χ1n) is 5.04. The lowest BCUT2D eigenvalue weighted by molar-refractivity contribution is -0.119. The normalized spacial score (nSPS) is 11.6. The third-order valence-electron chi connectivity index (χ3n) is 2.22. The molecule has 6 heteroatoms. The van der Waals surface area contributed by atoms with Crippen LogP contribution in [0.4, 0.5) is 18.9 Å². The van der Waals surface area contributed by atoms with E-state index in [4.69, 9.17) is 11.6 Å².